The van der Waals surface area contributed by atoms with Gasteiger partial charge < -0.3 is 0 Å². The van der Waals surface area contributed by atoms with Gasteiger partial charge in [0.15, 0.2) is 11.6 Å². The SMILES string of the molecule is Cc1cc(C)nc(-c2ccc(-c3ccc(-c4cc(-c5nc(-c6ccccc6)cc(-c6ccccc6)n5)cc(-c5cc6ccccc6c6ccccc56)c4)cc3)cc2)n1. The van der Waals surface area contributed by atoms with E-state index in [4.69, 9.17) is 9.97 Å². The lowest BCUT2D eigenvalue weighted by molar-refractivity contribution is 1.06. The Morgan fingerprint density at radius 1 is 0.276 bits per heavy atom. The molecular formula is C54H38N4. The first-order valence-corrected chi connectivity index (χ1v) is 19.6. The highest BCUT2D eigenvalue weighted by molar-refractivity contribution is 6.14. The first-order valence-electron chi connectivity index (χ1n) is 19.6. The number of aryl methyl sites for hydroxylation is 2. The molecule has 58 heavy (non-hydrogen) atoms. The van der Waals surface area contributed by atoms with E-state index in [9.17, 15) is 0 Å². The first kappa shape index (κ1) is 34.9. The molecule has 2 aromatic heterocycles. The van der Waals surface area contributed by atoms with E-state index in [1.165, 1.54) is 27.1 Å². The van der Waals surface area contributed by atoms with Crippen LogP contribution in [0.1, 0.15) is 11.4 Å². The molecule has 10 rings (SSSR count). The largest absolute Gasteiger partial charge is 0.233 e. The molecule has 0 saturated carbocycles. The van der Waals surface area contributed by atoms with Gasteiger partial charge in [-0.1, -0.05) is 158 Å². The third-order valence-electron chi connectivity index (χ3n) is 10.8. The molecule has 2 heterocycles. The number of benzene rings is 8. The van der Waals surface area contributed by atoms with E-state index in [1.807, 2.05) is 32.0 Å². The zero-order chi connectivity index (χ0) is 39.0. The zero-order valence-electron chi connectivity index (χ0n) is 32.3. The average Bonchev–Trinajstić information content (AvgIpc) is 3.29. The smallest absolute Gasteiger partial charge is 0.160 e. The molecular weight excluding hydrogens is 705 g/mol. The van der Waals surface area contributed by atoms with E-state index in [1.54, 1.807) is 0 Å². The van der Waals surface area contributed by atoms with Crippen molar-refractivity contribution in [2.45, 2.75) is 13.8 Å². The molecule has 0 fully saturated rings. The van der Waals surface area contributed by atoms with Crippen LogP contribution in [0.2, 0.25) is 0 Å². The van der Waals surface area contributed by atoms with Crippen LogP contribution in [0.5, 0.6) is 0 Å². The van der Waals surface area contributed by atoms with Crippen LogP contribution in [-0.4, -0.2) is 19.9 Å². The number of rotatable bonds is 7. The van der Waals surface area contributed by atoms with Gasteiger partial charge in [0.1, 0.15) is 0 Å². The summed E-state index contributed by atoms with van der Waals surface area (Å²) in [4.78, 5) is 19.8. The summed E-state index contributed by atoms with van der Waals surface area (Å²) >= 11 is 0. The molecule has 10 aromatic rings. The van der Waals surface area contributed by atoms with Gasteiger partial charge in [-0.3, -0.25) is 0 Å². The summed E-state index contributed by atoms with van der Waals surface area (Å²) in [5.41, 5.74) is 14.5. The fourth-order valence-corrected chi connectivity index (χ4v) is 7.98. The van der Waals surface area contributed by atoms with Crippen LogP contribution in [0.15, 0.2) is 194 Å². The summed E-state index contributed by atoms with van der Waals surface area (Å²) in [7, 11) is 0. The second kappa shape index (κ2) is 14.8. The van der Waals surface area contributed by atoms with E-state index >= 15 is 0 Å². The summed E-state index contributed by atoms with van der Waals surface area (Å²) in [6.07, 6.45) is 0. The minimum atomic E-state index is 0.679. The first-order chi connectivity index (χ1) is 28.5. The van der Waals surface area contributed by atoms with Crippen LogP contribution in [-0.2, 0) is 0 Å². The van der Waals surface area contributed by atoms with Gasteiger partial charge >= 0.3 is 0 Å². The van der Waals surface area contributed by atoms with Crippen LogP contribution in [0, 0.1) is 13.8 Å². The monoisotopic (exact) mass is 742 g/mol. The molecule has 0 N–H and O–H groups in total. The number of nitrogens with zero attached hydrogens (tertiary/aromatic N) is 4. The Morgan fingerprint density at radius 2 is 0.724 bits per heavy atom. The van der Waals surface area contributed by atoms with Gasteiger partial charge in [-0.15, -0.1) is 0 Å². The minimum Gasteiger partial charge on any atom is -0.233 e. The molecule has 0 radical (unpaired) electrons. The highest BCUT2D eigenvalue weighted by Gasteiger charge is 2.16. The molecule has 0 aliphatic heterocycles. The standard InChI is InChI=1S/C54H38N4/c1-35-29-36(2)56-53(55-35)42-27-25-38(26-28-42)37-21-23-39(24-22-37)44-30-45(50-33-43-17-9-10-18-47(43)48-19-11-12-20-49(48)50)32-46(31-44)54-57-51(40-13-5-3-6-14-40)34-52(58-54)41-15-7-4-8-16-41/h3-34H,1-2H3. The van der Waals surface area contributed by atoms with Crippen LogP contribution >= 0.6 is 0 Å². The Labute approximate surface area is 338 Å². The van der Waals surface area contributed by atoms with Gasteiger partial charge in [0.25, 0.3) is 0 Å². The lowest BCUT2D eigenvalue weighted by Gasteiger charge is -2.15. The molecule has 4 nitrogen and oxygen atoms in total. The Morgan fingerprint density at radius 3 is 1.33 bits per heavy atom. The number of fused-ring (bicyclic) bond motifs is 3. The lowest BCUT2D eigenvalue weighted by atomic mass is 9.90. The third-order valence-corrected chi connectivity index (χ3v) is 10.8. The van der Waals surface area contributed by atoms with Crippen LogP contribution < -0.4 is 0 Å². The second-order valence-electron chi connectivity index (χ2n) is 14.8. The Hall–Kier alpha value is -7.56. The maximum absolute atomic E-state index is 5.25. The Bertz CT molecular complexity index is 3020. The molecule has 0 bridgehead atoms. The second-order valence-corrected chi connectivity index (χ2v) is 14.8. The molecule has 0 unspecified atom stereocenters. The Kier molecular flexibility index (Phi) is 8.92. The van der Waals surface area contributed by atoms with Crippen molar-refractivity contribution in [2.75, 3.05) is 0 Å². The van der Waals surface area contributed by atoms with Crippen molar-refractivity contribution in [2.24, 2.45) is 0 Å². The average molecular weight is 743 g/mol. The van der Waals surface area contributed by atoms with Crippen LogP contribution in [0.4, 0.5) is 0 Å². The number of hydrogen-bond acceptors (Lipinski definition) is 4. The van der Waals surface area contributed by atoms with E-state index in [2.05, 4.69) is 186 Å². The van der Waals surface area contributed by atoms with Gasteiger partial charge in [0.05, 0.1) is 11.4 Å². The molecule has 0 aliphatic carbocycles. The molecule has 274 valence electrons. The van der Waals surface area contributed by atoms with Crippen molar-refractivity contribution in [1.29, 1.82) is 0 Å². The molecule has 0 atom stereocenters. The van der Waals surface area contributed by atoms with E-state index in [0.717, 1.165) is 78.7 Å². The van der Waals surface area contributed by atoms with Gasteiger partial charge in [0, 0.05) is 33.6 Å². The number of hydrogen-bond donors (Lipinski definition) is 0. The summed E-state index contributed by atoms with van der Waals surface area (Å²) in [5.74, 6) is 1.43. The van der Waals surface area contributed by atoms with E-state index in [0.29, 0.717) is 5.82 Å². The van der Waals surface area contributed by atoms with Crippen molar-refractivity contribution in [3.05, 3.63) is 206 Å². The quantitative estimate of drug-likeness (QED) is 0.153. The highest BCUT2D eigenvalue weighted by Crippen LogP contribution is 2.39. The van der Waals surface area contributed by atoms with Crippen molar-refractivity contribution < 1.29 is 0 Å². The maximum atomic E-state index is 5.25. The molecule has 4 heteroatoms. The van der Waals surface area contributed by atoms with Crippen LogP contribution in [0.3, 0.4) is 0 Å². The van der Waals surface area contributed by atoms with Gasteiger partial charge in [-0.25, -0.2) is 19.9 Å². The fourth-order valence-electron chi connectivity index (χ4n) is 7.98. The minimum absolute atomic E-state index is 0.679. The maximum Gasteiger partial charge on any atom is 0.160 e. The summed E-state index contributed by atoms with van der Waals surface area (Å²) < 4.78 is 0. The topological polar surface area (TPSA) is 51.6 Å². The predicted octanol–water partition coefficient (Wildman–Crippen LogP) is 13.9. The normalized spacial score (nSPS) is 11.3. The predicted molar refractivity (Wildman–Crippen MR) is 240 cm³/mol. The van der Waals surface area contributed by atoms with Crippen LogP contribution in [0.25, 0.3) is 100 Å². The molecule has 8 aromatic carbocycles. The summed E-state index contributed by atoms with van der Waals surface area (Å²) in [5, 5.41) is 4.89. The van der Waals surface area contributed by atoms with Crippen molar-refractivity contribution in [1.82, 2.24) is 19.9 Å². The lowest BCUT2D eigenvalue weighted by Crippen LogP contribution is -1.97. The zero-order valence-corrected chi connectivity index (χ0v) is 32.3. The number of aromatic nitrogens is 4. The van der Waals surface area contributed by atoms with Gasteiger partial charge in [-0.05, 0) is 105 Å². The summed E-state index contributed by atoms with van der Waals surface area (Å²) in [6.45, 7) is 4.02. The van der Waals surface area contributed by atoms with Gasteiger partial charge in [-0.2, -0.15) is 0 Å². The fraction of sp³-hybridized carbons (Fsp3) is 0.0370. The molecule has 0 spiro atoms. The molecule has 0 saturated heterocycles. The Balaban J connectivity index is 1.13. The van der Waals surface area contributed by atoms with Crippen molar-refractivity contribution >= 4 is 21.5 Å². The van der Waals surface area contributed by atoms with Gasteiger partial charge in [0.2, 0.25) is 0 Å². The highest BCUT2D eigenvalue weighted by atomic mass is 14.9. The summed E-state index contributed by atoms with van der Waals surface area (Å²) in [6, 6.07) is 68.7. The molecule has 0 amide bonds. The van der Waals surface area contributed by atoms with E-state index in [-0.39, 0.29) is 0 Å². The van der Waals surface area contributed by atoms with Crippen molar-refractivity contribution in [3.63, 3.8) is 0 Å². The third kappa shape index (κ3) is 6.82. The van der Waals surface area contributed by atoms with Crippen molar-refractivity contribution in [3.8, 4) is 78.7 Å². The molecule has 0 aliphatic rings. The van der Waals surface area contributed by atoms with E-state index < -0.39 is 0 Å².